The first kappa shape index (κ1) is 18.9. The first-order valence-electron chi connectivity index (χ1n) is 10.7. The van der Waals surface area contributed by atoms with Crippen LogP contribution in [-0.4, -0.2) is 11.9 Å². The molecule has 4 aromatic rings. The van der Waals surface area contributed by atoms with Gasteiger partial charge < -0.3 is 23.9 Å². The van der Waals surface area contributed by atoms with Gasteiger partial charge in [0.05, 0.1) is 12.0 Å². The Bertz CT molecular complexity index is 1290. The van der Waals surface area contributed by atoms with Crippen LogP contribution in [0, 0.1) is 6.92 Å². The van der Waals surface area contributed by atoms with Gasteiger partial charge in [-0.2, -0.15) is 0 Å². The molecule has 3 heterocycles. The zero-order valence-electron chi connectivity index (χ0n) is 18.0. The first-order chi connectivity index (χ1) is 15.6. The highest BCUT2D eigenvalue weighted by molar-refractivity contribution is 5.81. The van der Waals surface area contributed by atoms with E-state index in [1.165, 1.54) is 0 Å². The Balaban J connectivity index is 1.59. The number of anilines is 2. The molecule has 6 rings (SSSR count). The highest BCUT2D eigenvalue weighted by atomic mass is 16.7. The van der Waals surface area contributed by atoms with Crippen LogP contribution in [-0.2, 0) is 12.0 Å². The van der Waals surface area contributed by atoms with Crippen LogP contribution in [0.2, 0.25) is 0 Å². The summed E-state index contributed by atoms with van der Waals surface area (Å²) in [6, 6.07) is 24.3. The summed E-state index contributed by atoms with van der Waals surface area (Å²) < 4.78 is 17.0. The van der Waals surface area contributed by atoms with E-state index in [0.717, 1.165) is 39.6 Å². The lowest BCUT2D eigenvalue weighted by atomic mass is 9.67. The van der Waals surface area contributed by atoms with Gasteiger partial charge in [-0.05, 0) is 55.3 Å². The van der Waals surface area contributed by atoms with E-state index < -0.39 is 5.41 Å². The number of furan rings is 1. The number of nitrogens with zero attached hydrogens (tertiary/aromatic N) is 1. The van der Waals surface area contributed by atoms with Crippen LogP contribution in [0.15, 0.2) is 77.2 Å². The summed E-state index contributed by atoms with van der Waals surface area (Å²) in [6.45, 7) is 4.90. The van der Waals surface area contributed by atoms with E-state index >= 15 is 0 Å². The van der Waals surface area contributed by atoms with Crippen LogP contribution in [0.3, 0.4) is 0 Å². The lowest BCUT2D eigenvalue weighted by Crippen LogP contribution is -2.35. The predicted molar refractivity (Wildman–Crippen MR) is 122 cm³/mol. The molecule has 0 aliphatic carbocycles. The number of rotatable bonds is 3. The maximum atomic E-state index is 11.1. The van der Waals surface area contributed by atoms with E-state index in [9.17, 15) is 5.11 Å². The Morgan fingerprint density at radius 3 is 2.09 bits per heavy atom. The van der Waals surface area contributed by atoms with Crippen molar-refractivity contribution in [2.45, 2.75) is 25.8 Å². The monoisotopic (exact) mass is 425 g/mol. The molecular formula is C27H23NO4. The molecule has 0 saturated heterocycles. The highest BCUT2D eigenvalue weighted by Crippen LogP contribution is 2.55. The molecule has 3 aromatic carbocycles. The second-order valence-corrected chi connectivity index (χ2v) is 8.48. The summed E-state index contributed by atoms with van der Waals surface area (Å²) in [5, 5.41) is 11.1. The number of aryl methyl sites for hydroxylation is 1. The number of phenolic OH excluding ortho intramolecular Hbond substituents is 1. The molecule has 0 unspecified atom stereocenters. The Kier molecular flexibility index (Phi) is 4.02. The maximum Gasteiger partial charge on any atom is 0.231 e. The largest absolute Gasteiger partial charge is 0.507 e. The lowest BCUT2D eigenvalue weighted by molar-refractivity contribution is 0.174. The third kappa shape index (κ3) is 2.64. The van der Waals surface area contributed by atoms with Crippen molar-refractivity contribution in [1.29, 1.82) is 0 Å². The molecule has 0 radical (unpaired) electrons. The molecule has 0 atom stereocenters. The topological polar surface area (TPSA) is 55.1 Å². The molecule has 5 heteroatoms. The summed E-state index contributed by atoms with van der Waals surface area (Å²) in [5.41, 5.74) is 4.58. The molecule has 2 aliphatic rings. The van der Waals surface area contributed by atoms with Crippen LogP contribution < -0.4 is 14.4 Å². The summed E-state index contributed by atoms with van der Waals surface area (Å²) in [6.07, 6.45) is 0. The number of fused-ring (bicyclic) bond motifs is 3. The molecule has 5 nitrogen and oxygen atoms in total. The molecule has 2 aliphatic heterocycles. The van der Waals surface area contributed by atoms with Crippen LogP contribution in [0.5, 0.6) is 17.2 Å². The quantitative estimate of drug-likeness (QED) is 0.434. The number of ether oxygens (including phenoxy) is 2. The van der Waals surface area contributed by atoms with Crippen molar-refractivity contribution in [2.24, 2.45) is 0 Å². The number of hydrogen-bond acceptors (Lipinski definition) is 5. The van der Waals surface area contributed by atoms with Gasteiger partial charge in [-0.15, -0.1) is 0 Å². The van der Waals surface area contributed by atoms with Crippen LogP contribution >= 0.6 is 0 Å². The van der Waals surface area contributed by atoms with Crippen LogP contribution in [0.4, 0.5) is 11.4 Å². The molecule has 0 amide bonds. The molecule has 160 valence electrons. The van der Waals surface area contributed by atoms with Gasteiger partial charge in [0.2, 0.25) is 6.79 Å². The summed E-state index contributed by atoms with van der Waals surface area (Å²) >= 11 is 0. The minimum absolute atomic E-state index is 0.165. The zero-order valence-corrected chi connectivity index (χ0v) is 18.0. The minimum Gasteiger partial charge on any atom is -0.507 e. The molecule has 0 spiro atoms. The van der Waals surface area contributed by atoms with Gasteiger partial charge in [0, 0.05) is 23.0 Å². The van der Waals surface area contributed by atoms with Gasteiger partial charge in [-0.3, -0.25) is 0 Å². The fraction of sp³-hybridized carbons (Fsp3) is 0.185. The fourth-order valence-corrected chi connectivity index (χ4v) is 5.06. The van der Waals surface area contributed by atoms with Crippen molar-refractivity contribution in [3.8, 4) is 17.2 Å². The first-order valence-corrected chi connectivity index (χ1v) is 10.7. The second kappa shape index (κ2) is 6.82. The van der Waals surface area contributed by atoms with E-state index in [0.29, 0.717) is 18.0 Å². The molecule has 1 N–H and O–H groups in total. The van der Waals surface area contributed by atoms with Crippen molar-refractivity contribution in [2.75, 3.05) is 11.7 Å². The van der Waals surface area contributed by atoms with Crippen LogP contribution in [0.1, 0.15) is 35.1 Å². The van der Waals surface area contributed by atoms with E-state index in [4.69, 9.17) is 13.9 Å². The Labute approximate surface area is 186 Å². The fourth-order valence-electron chi connectivity index (χ4n) is 5.06. The van der Waals surface area contributed by atoms with Gasteiger partial charge in [0.1, 0.15) is 17.3 Å². The van der Waals surface area contributed by atoms with E-state index in [2.05, 4.69) is 36.1 Å². The van der Waals surface area contributed by atoms with Gasteiger partial charge >= 0.3 is 0 Å². The average molecular weight is 425 g/mol. The van der Waals surface area contributed by atoms with Gasteiger partial charge in [0.25, 0.3) is 0 Å². The normalized spacial score (nSPS) is 15.4. The van der Waals surface area contributed by atoms with Gasteiger partial charge in [-0.25, -0.2) is 0 Å². The van der Waals surface area contributed by atoms with Crippen molar-refractivity contribution in [3.05, 3.63) is 101 Å². The highest BCUT2D eigenvalue weighted by Gasteiger charge is 2.43. The summed E-state index contributed by atoms with van der Waals surface area (Å²) in [4.78, 5) is 2.29. The van der Waals surface area contributed by atoms with Gasteiger partial charge in [0.15, 0.2) is 11.5 Å². The molecule has 0 saturated carbocycles. The molecule has 1 aromatic heterocycles. The molecule has 0 bridgehead atoms. The number of aromatic hydroxyl groups is 1. The standard InChI is InChI=1S/C27H23NO4/c1-17-11-12-18(32-17)15-28-22-9-5-3-7-19(22)27(2,20-8-4-6-10-23(20)28)21-13-25-26(14-24(21)29)31-16-30-25/h3-14,29H,15-16H2,1-2H3. The Morgan fingerprint density at radius 1 is 0.844 bits per heavy atom. The van der Waals surface area contributed by atoms with Crippen molar-refractivity contribution < 1.29 is 19.0 Å². The van der Waals surface area contributed by atoms with E-state index in [1.54, 1.807) is 6.07 Å². The number of phenols is 1. The summed E-state index contributed by atoms with van der Waals surface area (Å²) in [7, 11) is 0. The molecule has 0 fully saturated rings. The third-order valence-corrected chi connectivity index (χ3v) is 6.61. The SMILES string of the molecule is Cc1ccc(CN2c3ccccc3C(C)(c3cc4c(cc3O)OCO4)c3ccccc32)o1. The molecule has 32 heavy (non-hydrogen) atoms. The zero-order chi connectivity index (χ0) is 21.9. The smallest absolute Gasteiger partial charge is 0.231 e. The lowest BCUT2D eigenvalue weighted by Gasteiger charge is -2.44. The average Bonchev–Trinajstić information content (AvgIpc) is 3.44. The van der Waals surface area contributed by atoms with E-state index in [1.807, 2.05) is 49.4 Å². The number of para-hydroxylation sites is 2. The Hall–Kier alpha value is -3.86. The van der Waals surface area contributed by atoms with E-state index in [-0.39, 0.29) is 12.5 Å². The minimum atomic E-state index is -0.589. The van der Waals surface area contributed by atoms with Crippen molar-refractivity contribution in [1.82, 2.24) is 0 Å². The third-order valence-electron chi connectivity index (χ3n) is 6.61. The maximum absolute atomic E-state index is 11.1. The molecular weight excluding hydrogens is 402 g/mol. The Morgan fingerprint density at radius 2 is 1.47 bits per heavy atom. The van der Waals surface area contributed by atoms with Crippen molar-refractivity contribution in [3.63, 3.8) is 0 Å². The second-order valence-electron chi connectivity index (χ2n) is 8.48. The predicted octanol–water partition coefficient (Wildman–Crippen LogP) is 6.03. The van der Waals surface area contributed by atoms with Gasteiger partial charge in [-0.1, -0.05) is 36.4 Å². The number of benzene rings is 3. The van der Waals surface area contributed by atoms with Crippen molar-refractivity contribution >= 4 is 11.4 Å². The van der Waals surface area contributed by atoms with Crippen LogP contribution in [0.25, 0.3) is 0 Å². The number of hydrogen-bond donors (Lipinski definition) is 1. The summed E-state index contributed by atoms with van der Waals surface area (Å²) in [5.74, 6) is 3.22.